The third kappa shape index (κ3) is 4.55. The van der Waals surface area contributed by atoms with Gasteiger partial charge in [0.1, 0.15) is 6.26 Å². The zero-order chi connectivity index (χ0) is 20.1. The molecule has 150 valence electrons. The van der Waals surface area contributed by atoms with Gasteiger partial charge in [0, 0.05) is 23.0 Å². The predicted molar refractivity (Wildman–Crippen MR) is 107 cm³/mol. The maximum atomic E-state index is 13.3. The normalized spacial score (nSPS) is 13.4. The molecule has 6 nitrogen and oxygen atoms in total. The van der Waals surface area contributed by atoms with Gasteiger partial charge in [-0.15, -0.1) is 0 Å². The number of carbonyl (C=O) groups is 2. The Hall–Kier alpha value is -2.34. The number of ketones is 1. The number of benzene rings is 1. The van der Waals surface area contributed by atoms with E-state index in [9.17, 15) is 9.59 Å². The number of aromatic nitrogens is 1. The molecule has 1 aliphatic rings. The maximum Gasteiger partial charge on any atom is 0.414 e. The molecule has 0 aliphatic heterocycles. The van der Waals surface area contributed by atoms with Crippen LogP contribution in [-0.2, 0) is 4.74 Å². The summed E-state index contributed by atoms with van der Waals surface area (Å²) in [5, 5.41) is 4.46. The molecular weight excluding hydrogens is 380 g/mol. The first-order valence-corrected chi connectivity index (χ1v) is 10.2. The second kappa shape index (κ2) is 9.24. The standard InChI is InChI=1S/C21H25ClN2O4/c1-3-5-11-27-21(26)24(10-4-2)18-12-15(22)8-9-16(18)20(25)17-13-28-23-19(17)14-6-7-14/h8-9,12-14H,3-7,10-11H2,1-2H3. The molecule has 0 radical (unpaired) electrons. The van der Waals surface area contributed by atoms with E-state index in [-0.39, 0.29) is 11.7 Å². The van der Waals surface area contributed by atoms with Crippen LogP contribution in [0.4, 0.5) is 10.5 Å². The van der Waals surface area contributed by atoms with Crippen LogP contribution in [0.15, 0.2) is 29.0 Å². The minimum absolute atomic E-state index is 0.225. The van der Waals surface area contributed by atoms with Gasteiger partial charge in [-0.3, -0.25) is 9.69 Å². The molecule has 1 heterocycles. The summed E-state index contributed by atoms with van der Waals surface area (Å²) in [7, 11) is 0. The highest BCUT2D eigenvalue weighted by atomic mass is 35.5. The fourth-order valence-electron chi connectivity index (χ4n) is 3.05. The van der Waals surface area contributed by atoms with Crippen molar-refractivity contribution in [1.29, 1.82) is 0 Å². The number of hydrogen-bond acceptors (Lipinski definition) is 5. The van der Waals surface area contributed by atoms with Crippen molar-refractivity contribution in [3.05, 3.63) is 46.3 Å². The van der Waals surface area contributed by atoms with Crippen molar-refractivity contribution in [2.24, 2.45) is 0 Å². The molecule has 28 heavy (non-hydrogen) atoms. The zero-order valence-corrected chi connectivity index (χ0v) is 17.0. The fourth-order valence-corrected chi connectivity index (χ4v) is 3.21. The molecule has 1 amide bonds. The summed E-state index contributed by atoms with van der Waals surface area (Å²) in [6.45, 7) is 4.76. The average molecular weight is 405 g/mol. The Labute approximate surface area is 169 Å². The summed E-state index contributed by atoms with van der Waals surface area (Å²) < 4.78 is 10.5. The third-order valence-corrected chi connectivity index (χ3v) is 4.93. The van der Waals surface area contributed by atoms with E-state index >= 15 is 0 Å². The monoisotopic (exact) mass is 404 g/mol. The van der Waals surface area contributed by atoms with Gasteiger partial charge in [-0.25, -0.2) is 4.79 Å². The van der Waals surface area contributed by atoms with E-state index in [2.05, 4.69) is 5.16 Å². The number of ether oxygens (including phenoxy) is 1. The summed E-state index contributed by atoms with van der Waals surface area (Å²) in [6.07, 6.45) is 5.36. The Kier molecular flexibility index (Phi) is 6.73. The second-order valence-corrected chi connectivity index (χ2v) is 7.43. The van der Waals surface area contributed by atoms with Crippen LogP contribution in [0.3, 0.4) is 0 Å². The minimum Gasteiger partial charge on any atom is -0.449 e. The Bertz CT molecular complexity index is 845. The Morgan fingerprint density at radius 2 is 2.04 bits per heavy atom. The van der Waals surface area contributed by atoms with E-state index in [4.69, 9.17) is 20.9 Å². The first-order valence-electron chi connectivity index (χ1n) is 9.79. The first kappa shape index (κ1) is 20.4. The van der Waals surface area contributed by atoms with E-state index in [0.717, 1.165) is 25.7 Å². The predicted octanol–water partition coefficient (Wildman–Crippen LogP) is 5.59. The quantitative estimate of drug-likeness (QED) is 0.402. The van der Waals surface area contributed by atoms with Gasteiger partial charge in [-0.2, -0.15) is 0 Å². The highest BCUT2D eigenvalue weighted by molar-refractivity contribution is 6.31. The molecule has 2 aromatic rings. The fraction of sp³-hybridized carbons (Fsp3) is 0.476. The van der Waals surface area contributed by atoms with Crippen LogP contribution in [0.5, 0.6) is 0 Å². The van der Waals surface area contributed by atoms with Gasteiger partial charge in [0.2, 0.25) is 0 Å². The van der Waals surface area contributed by atoms with E-state index in [0.29, 0.717) is 47.1 Å². The van der Waals surface area contributed by atoms with Gasteiger partial charge in [0.05, 0.1) is 23.6 Å². The molecule has 0 N–H and O–H groups in total. The van der Waals surface area contributed by atoms with Crippen LogP contribution in [0.1, 0.15) is 73.5 Å². The molecule has 1 aliphatic carbocycles. The molecule has 0 spiro atoms. The maximum absolute atomic E-state index is 13.3. The van der Waals surface area contributed by atoms with Gasteiger partial charge in [0.25, 0.3) is 0 Å². The molecule has 1 aromatic heterocycles. The Balaban J connectivity index is 1.95. The van der Waals surface area contributed by atoms with E-state index < -0.39 is 6.09 Å². The number of hydrogen-bond donors (Lipinski definition) is 0. The molecule has 1 saturated carbocycles. The van der Waals surface area contributed by atoms with Crippen molar-refractivity contribution in [2.45, 2.75) is 51.9 Å². The van der Waals surface area contributed by atoms with Gasteiger partial charge in [0.15, 0.2) is 5.78 Å². The third-order valence-electron chi connectivity index (χ3n) is 4.69. The summed E-state index contributed by atoms with van der Waals surface area (Å²) >= 11 is 6.19. The van der Waals surface area contributed by atoms with Crippen LogP contribution >= 0.6 is 11.6 Å². The first-order chi connectivity index (χ1) is 13.6. The van der Waals surface area contributed by atoms with Gasteiger partial charge in [-0.1, -0.05) is 37.0 Å². The lowest BCUT2D eigenvalue weighted by Crippen LogP contribution is -2.34. The van der Waals surface area contributed by atoms with Gasteiger partial charge in [-0.05, 0) is 43.9 Å². The van der Waals surface area contributed by atoms with Crippen LogP contribution in [0, 0.1) is 0 Å². The van der Waals surface area contributed by atoms with Crippen LogP contribution in [-0.4, -0.2) is 30.2 Å². The Morgan fingerprint density at radius 3 is 2.71 bits per heavy atom. The number of anilines is 1. The molecular formula is C21H25ClN2O4. The number of nitrogens with zero attached hydrogens (tertiary/aromatic N) is 2. The highest BCUT2D eigenvalue weighted by Gasteiger charge is 2.33. The van der Waals surface area contributed by atoms with Gasteiger partial charge >= 0.3 is 6.09 Å². The second-order valence-electron chi connectivity index (χ2n) is 7.00. The van der Waals surface area contributed by atoms with Crippen molar-refractivity contribution in [3.8, 4) is 0 Å². The lowest BCUT2D eigenvalue weighted by atomic mass is 10.00. The molecule has 0 atom stereocenters. The lowest BCUT2D eigenvalue weighted by molar-refractivity contribution is 0.103. The number of halogens is 1. The molecule has 0 bridgehead atoms. The molecule has 0 saturated heterocycles. The van der Waals surface area contributed by atoms with Crippen molar-refractivity contribution in [2.75, 3.05) is 18.1 Å². The van der Waals surface area contributed by atoms with Crippen molar-refractivity contribution in [3.63, 3.8) is 0 Å². The minimum atomic E-state index is -0.473. The summed E-state index contributed by atoms with van der Waals surface area (Å²) in [4.78, 5) is 27.4. The molecule has 1 fully saturated rings. The van der Waals surface area contributed by atoms with E-state index in [1.54, 1.807) is 18.2 Å². The number of unbranched alkanes of at least 4 members (excludes halogenated alkanes) is 1. The summed E-state index contributed by atoms with van der Waals surface area (Å²) in [6, 6.07) is 4.93. The average Bonchev–Trinajstić information content (AvgIpc) is 3.42. The van der Waals surface area contributed by atoms with Crippen LogP contribution in [0.25, 0.3) is 0 Å². The molecule has 7 heteroatoms. The van der Waals surface area contributed by atoms with Crippen molar-refractivity contribution >= 4 is 29.2 Å². The topological polar surface area (TPSA) is 72.6 Å². The zero-order valence-electron chi connectivity index (χ0n) is 16.2. The number of carbonyl (C=O) groups excluding carboxylic acids is 2. The van der Waals surface area contributed by atoms with Crippen LogP contribution in [0.2, 0.25) is 5.02 Å². The summed E-state index contributed by atoms with van der Waals surface area (Å²) in [5.74, 6) is 0.0523. The highest BCUT2D eigenvalue weighted by Crippen LogP contribution is 2.41. The van der Waals surface area contributed by atoms with Gasteiger partial charge < -0.3 is 9.26 Å². The smallest absolute Gasteiger partial charge is 0.414 e. The lowest BCUT2D eigenvalue weighted by Gasteiger charge is -2.24. The Morgan fingerprint density at radius 1 is 1.25 bits per heavy atom. The SMILES string of the molecule is CCCCOC(=O)N(CCC)c1cc(Cl)ccc1C(=O)c1conc1C1CC1. The van der Waals surface area contributed by atoms with Crippen LogP contribution < -0.4 is 4.90 Å². The van der Waals surface area contributed by atoms with E-state index in [1.807, 2.05) is 13.8 Å². The number of amides is 1. The van der Waals surface area contributed by atoms with Crippen molar-refractivity contribution in [1.82, 2.24) is 5.16 Å². The molecule has 1 aromatic carbocycles. The molecule has 3 rings (SSSR count). The molecule has 0 unspecified atom stereocenters. The summed E-state index contributed by atoms with van der Waals surface area (Å²) in [5.41, 5.74) is 1.97. The van der Waals surface area contributed by atoms with Crippen molar-refractivity contribution < 1.29 is 18.8 Å². The largest absolute Gasteiger partial charge is 0.449 e. The van der Waals surface area contributed by atoms with E-state index in [1.165, 1.54) is 11.2 Å². The number of rotatable bonds is 9.